The lowest BCUT2D eigenvalue weighted by molar-refractivity contribution is -0.120. The second-order valence-electron chi connectivity index (χ2n) is 6.16. The number of piperidine rings is 1. The first-order valence-corrected chi connectivity index (χ1v) is 11.2. The number of nitrogens with one attached hydrogen (secondary N) is 1. The number of nitrogens with zero attached hydrogens (tertiary/aromatic N) is 1. The normalized spacial score (nSPS) is 18.5. The summed E-state index contributed by atoms with van der Waals surface area (Å²) in [4.78, 5) is 12.8. The van der Waals surface area contributed by atoms with Crippen molar-refractivity contribution in [3.63, 3.8) is 0 Å². The summed E-state index contributed by atoms with van der Waals surface area (Å²) in [6.45, 7) is 0.622. The first-order valence-electron chi connectivity index (χ1n) is 8.18. The third kappa shape index (κ3) is 4.54. The monoisotopic (exact) mass is 500 g/mol. The Balaban J connectivity index is 1.72. The number of halogens is 2. The molecule has 0 unspecified atom stereocenters. The van der Waals surface area contributed by atoms with Crippen LogP contribution >= 0.6 is 31.9 Å². The van der Waals surface area contributed by atoms with E-state index in [0.29, 0.717) is 25.1 Å². The zero-order valence-corrected chi connectivity index (χ0v) is 17.8. The number of benzene rings is 2. The molecular formula is C18H18Br2N2O3S. The van der Waals surface area contributed by atoms with Crippen molar-refractivity contribution in [3.8, 4) is 0 Å². The highest BCUT2D eigenvalue weighted by atomic mass is 79.9. The molecule has 1 aliphatic heterocycles. The molecule has 3 rings (SSSR count). The molecule has 0 spiro atoms. The Hall–Kier alpha value is -1.22. The summed E-state index contributed by atoms with van der Waals surface area (Å²) in [5, 5.41) is 2.88. The van der Waals surface area contributed by atoms with E-state index < -0.39 is 10.0 Å². The van der Waals surface area contributed by atoms with Crippen LogP contribution in [0, 0.1) is 5.92 Å². The van der Waals surface area contributed by atoms with Crippen LogP contribution in [0.5, 0.6) is 0 Å². The van der Waals surface area contributed by atoms with Crippen molar-refractivity contribution < 1.29 is 13.2 Å². The summed E-state index contributed by atoms with van der Waals surface area (Å²) >= 11 is 6.68. The third-order valence-electron chi connectivity index (χ3n) is 4.30. The van der Waals surface area contributed by atoms with Crippen molar-refractivity contribution in [2.75, 3.05) is 18.4 Å². The minimum Gasteiger partial charge on any atom is -0.326 e. The van der Waals surface area contributed by atoms with Gasteiger partial charge >= 0.3 is 0 Å². The summed E-state index contributed by atoms with van der Waals surface area (Å²) in [5.41, 5.74) is 0.692. The average molecular weight is 502 g/mol. The molecule has 0 radical (unpaired) electrons. The van der Waals surface area contributed by atoms with Gasteiger partial charge in [-0.15, -0.1) is 0 Å². The predicted molar refractivity (Wildman–Crippen MR) is 108 cm³/mol. The number of sulfonamides is 1. The van der Waals surface area contributed by atoms with Gasteiger partial charge in [0.2, 0.25) is 15.9 Å². The molecule has 0 aliphatic carbocycles. The molecule has 138 valence electrons. The van der Waals surface area contributed by atoms with Crippen LogP contribution in [0.2, 0.25) is 0 Å². The Labute approximate surface area is 170 Å². The largest absolute Gasteiger partial charge is 0.326 e. The van der Waals surface area contributed by atoms with E-state index >= 15 is 0 Å². The second kappa shape index (κ2) is 8.21. The molecule has 2 aromatic carbocycles. The van der Waals surface area contributed by atoms with E-state index in [0.717, 1.165) is 8.95 Å². The molecule has 1 atom stereocenters. The average Bonchev–Trinajstić information content (AvgIpc) is 2.62. The van der Waals surface area contributed by atoms with E-state index in [1.165, 1.54) is 4.31 Å². The highest BCUT2D eigenvalue weighted by Gasteiger charge is 2.33. The lowest BCUT2D eigenvalue weighted by atomic mass is 9.99. The molecular weight excluding hydrogens is 484 g/mol. The minimum atomic E-state index is -3.60. The first kappa shape index (κ1) is 19.5. The van der Waals surface area contributed by atoms with Crippen molar-refractivity contribution in [1.29, 1.82) is 0 Å². The van der Waals surface area contributed by atoms with E-state index in [4.69, 9.17) is 0 Å². The van der Waals surface area contributed by atoms with Crippen LogP contribution in [0.25, 0.3) is 0 Å². The van der Waals surface area contributed by atoms with Crippen LogP contribution in [0.1, 0.15) is 12.8 Å². The Bertz CT molecular complexity index is 901. The van der Waals surface area contributed by atoms with Gasteiger partial charge < -0.3 is 5.32 Å². The zero-order chi connectivity index (χ0) is 18.7. The summed E-state index contributed by atoms with van der Waals surface area (Å²) in [6.07, 6.45) is 1.33. The Morgan fingerprint density at radius 2 is 1.81 bits per heavy atom. The van der Waals surface area contributed by atoms with E-state index in [1.807, 2.05) is 24.3 Å². The van der Waals surface area contributed by atoms with Crippen LogP contribution in [0.15, 0.2) is 62.4 Å². The van der Waals surface area contributed by atoms with Crippen LogP contribution in [0.3, 0.4) is 0 Å². The number of hydrogen-bond donors (Lipinski definition) is 1. The first-order chi connectivity index (χ1) is 12.4. The standard InChI is InChI=1S/C18H18Br2N2O3S/c19-14-6-8-17(9-7-14)26(24,25)22-10-2-3-13(12-22)18(23)21-16-5-1-4-15(20)11-16/h1,4-9,11,13H,2-3,10,12H2,(H,21,23)/t13-/m1/s1. The van der Waals surface area contributed by atoms with Gasteiger partial charge in [0.15, 0.2) is 0 Å². The smallest absolute Gasteiger partial charge is 0.243 e. The van der Waals surface area contributed by atoms with Crippen LogP contribution in [0.4, 0.5) is 5.69 Å². The van der Waals surface area contributed by atoms with Crippen molar-refractivity contribution >= 4 is 53.5 Å². The molecule has 26 heavy (non-hydrogen) atoms. The van der Waals surface area contributed by atoms with E-state index in [-0.39, 0.29) is 23.3 Å². The van der Waals surface area contributed by atoms with E-state index in [1.54, 1.807) is 24.3 Å². The van der Waals surface area contributed by atoms with Crippen LogP contribution in [-0.4, -0.2) is 31.7 Å². The molecule has 2 aromatic rings. The SMILES string of the molecule is O=C(Nc1cccc(Br)c1)[C@@H]1CCCN(S(=O)(=O)c2ccc(Br)cc2)C1. The number of amides is 1. The number of carbonyl (C=O) groups excluding carboxylic acids is 1. The number of anilines is 1. The Morgan fingerprint density at radius 1 is 1.08 bits per heavy atom. The van der Waals surface area contributed by atoms with Gasteiger partial charge in [0.05, 0.1) is 10.8 Å². The van der Waals surface area contributed by atoms with Crippen molar-refractivity contribution in [2.45, 2.75) is 17.7 Å². The number of hydrogen-bond acceptors (Lipinski definition) is 3. The number of rotatable bonds is 4. The molecule has 1 N–H and O–H groups in total. The van der Waals surface area contributed by atoms with Gasteiger partial charge in [0.1, 0.15) is 0 Å². The summed E-state index contributed by atoms with van der Waals surface area (Å²) in [5.74, 6) is -0.522. The van der Waals surface area contributed by atoms with Crippen molar-refractivity contribution in [1.82, 2.24) is 4.31 Å². The fraction of sp³-hybridized carbons (Fsp3) is 0.278. The summed E-state index contributed by atoms with van der Waals surface area (Å²) < 4.78 is 28.8. The molecule has 0 bridgehead atoms. The van der Waals surface area contributed by atoms with Gasteiger partial charge in [0.25, 0.3) is 0 Å². The molecule has 1 heterocycles. The lowest BCUT2D eigenvalue weighted by Gasteiger charge is -2.31. The predicted octanol–water partition coefficient (Wildman–Crippen LogP) is 4.25. The lowest BCUT2D eigenvalue weighted by Crippen LogP contribution is -2.43. The maximum atomic E-state index is 12.8. The van der Waals surface area contributed by atoms with Crippen LogP contribution in [-0.2, 0) is 14.8 Å². The van der Waals surface area contributed by atoms with Gasteiger partial charge in [-0.2, -0.15) is 4.31 Å². The highest BCUT2D eigenvalue weighted by molar-refractivity contribution is 9.10. The van der Waals surface area contributed by atoms with E-state index in [9.17, 15) is 13.2 Å². The molecule has 0 saturated carbocycles. The van der Waals surface area contributed by atoms with Gasteiger partial charge in [-0.1, -0.05) is 37.9 Å². The highest BCUT2D eigenvalue weighted by Crippen LogP contribution is 2.26. The van der Waals surface area contributed by atoms with Crippen molar-refractivity contribution in [2.24, 2.45) is 5.92 Å². The van der Waals surface area contributed by atoms with Crippen LogP contribution < -0.4 is 5.32 Å². The molecule has 1 fully saturated rings. The topological polar surface area (TPSA) is 66.5 Å². The molecule has 0 aromatic heterocycles. The fourth-order valence-electron chi connectivity index (χ4n) is 2.94. The third-order valence-corrected chi connectivity index (χ3v) is 7.20. The maximum absolute atomic E-state index is 12.8. The Morgan fingerprint density at radius 3 is 2.50 bits per heavy atom. The summed E-state index contributed by atoms with van der Waals surface area (Å²) in [6, 6.07) is 13.9. The fourth-order valence-corrected chi connectivity index (χ4v) is 5.13. The van der Waals surface area contributed by atoms with E-state index in [2.05, 4.69) is 37.2 Å². The molecule has 8 heteroatoms. The van der Waals surface area contributed by atoms with Gasteiger partial charge in [-0.3, -0.25) is 4.79 Å². The Kier molecular flexibility index (Phi) is 6.17. The van der Waals surface area contributed by atoms with Gasteiger partial charge in [-0.25, -0.2) is 8.42 Å². The van der Waals surface area contributed by atoms with Gasteiger partial charge in [-0.05, 0) is 55.3 Å². The second-order valence-corrected chi connectivity index (χ2v) is 9.93. The maximum Gasteiger partial charge on any atom is 0.243 e. The minimum absolute atomic E-state index is 0.154. The molecule has 1 saturated heterocycles. The molecule has 1 amide bonds. The quantitative estimate of drug-likeness (QED) is 0.680. The summed E-state index contributed by atoms with van der Waals surface area (Å²) in [7, 11) is -3.60. The zero-order valence-electron chi connectivity index (χ0n) is 13.9. The van der Waals surface area contributed by atoms with Gasteiger partial charge in [0, 0.05) is 27.7 Å². The number of carbonyl (C=O) groups is 1. The molecule has 5 nitrogen and oxygen atoms in total. The van der Waals surface area contributed by atoms with Crippen molar-refractivity contribution in [3.05, 3.63) is 57.5 Å². The molecule has 1 aliphatic rings.